The van der Waals surface area contributed by atoms with Crippen LogP contribution in [0.15, 0.2) is 41.6 Å². The Morgan fingerprint density at radius 3 is 2.71 bits per heavy atom. The van der Waals surface area contributed by atoms with Crippen LogP contribution < -0.4 is 5.32 Å². The fourth-order valence-corrected chi connectivity index (χ4v) is 2.71. The number of ether oxygens (including phenoxy) is 1. The van der Waals surface area contributed by atoms with Crippen LogP contribution in [0.2, 0.25) is 10.0 Å². The number of nitrogens with one attached hydrogen (secondary N) is 1. The Hall–Kier alpha value is -1.76. The second kappa shape index (κ2) is 8.37. The molecular weight excluding hydrogens is 371 g/mol. The smallest absolute Gasteiger partial charge is 0.341 e. The number of thioether (sulfide) groups is 1. The van der Waals surface area contributed by atoms with Gasteiger partial charge in [0.05, 0.1) is 21.3 Å². The Morgan fingerprint density at radius 2 is 2.00 bits per heavy atom. The minimum absolute atomic E-state index is 0.225. The van der Waals surface area contributed by atoms with E-state index in [0.29, 0.717) is 21.3 Å². The van der Waals surface area contributed by atoms with Crippen LogP contribution in [0.1, 0.15) is 17.3 Å². The normalized spacial score (nSPS) is 11.7. The minimum Gasteiger partial charge on any atom is -0.449 e. The first-order valence-electron chi connectivity index (χ1n) is 6.89. The van der Waals surface area contributed by atoms with Crippen molar-refractivity contribution in [2.45, 2.75) is 18.1 Å². The molecule has 1 aromatic carbocycles. The van der Waals surface area contributed by atoms with E-state index in [1.165, 1.54) is 18.7 Å². The van der Waals surface area contributed by atoms with Crippen molar-refractivity contribution in [1.82, 2.24) is 4.98 Å². The summed E-state index contributed by atoms with van der Waals surface area (Å²) in [6.07, 6.45) is 2.37. The van der Waals surface area contributed by atoms with Gasteiger partial charge in [-0.25, -0.2) is 9.78 Å². The fourth-order valence-electron chi connectivity index (χ4n) is 1.82. The van der Waals surface area contributed by atoms with E-state index in [2.05, 4.69) is 10.3 Å². The number of nitrogens with zero attached hydrogens (tertiary/aromatic N) is 1. The summed E-state index contributed by atoms with van der Waals surface area (Å²) in [6.45, 7) is 1.47. The molecule has 1 heterocycles. The van der Waals surface area contributed by atoms with Crippen LogP contribution in [0.25, 0.3) is 0 Å². The predicted molar refractivity (Wildman–Crippen MR) is 96.0 cm³/mol. The molecule has 0 unspecified atom stereocenters. The summed E-state index contributed by atoms with van der Waals surface area (Å²) in [5.74, 6) is -1.13. The van der Waals surface area contributed by atoms with E-state index in [1.807, 2.05) is 0 Å². The number of pyridine rings is 1. The Kier molecular flexibility index (Phi) is 6.48. The molecule has 0 spiro atoms. The van der Waals surface area contributed by atoms with Gasteiger partial charge >= 0.3 is 5.97 Å². The van der Waals surface area contributed by atoms with Crippen molar-refractivity contribution in [2.75, 3.05) is 11.6 Å². The predicted octanol–water partition coefficient (Wildman–Crippen LogP) is 4.29. The lowest BCUT2D eigenvalue weighted by Crippen LogP contribution is -2.30. The van der Waals surface area contributed by atoms with E-state index in [1.54, 1.807) is 42.8 Å². The standard InChI is InChI=1S/C16H14Cl2N2O3S/c1-9(14(21)20-12-7-3-6-11(17)13(12)18)23-16(22)10-5-4-8-19-15(10)24-2/h3-9H,1-2H3,(H,20,21)/t9-/m0/s1. The molecule has 0 bridgehead atoms. The first-order chi connectivity index (χ1) is 11.4. The first-order valence-corrected chi connectivity index (χ1v) is 8.87. The molecule has 0 saturated carbocycles. The van der Waals surface area contributed by atoms with Crippen molar-refractivity contribution >= 4 is 52.5 Å². The Labute approximate surface area is 153 Å². The van der Waals surface area contributed by atoms with Crippen molar-refractivity contribution in [3.8, 4) is 0 Å². The molecule has 1 atom stereocenters. The quantitative estimate of drug-likeness (QED) is 0.614. The molecule has 0 radical (unpaired) electrons. The zero-order chi connectivity index (χ0) is 17.7. The molecule has 0 fully saturated rings. The number of hydrogen-bond donors (Lipinski definition) is 1. The average molecular weight is 385 g/mol. The van der Waals surface area contributed by atoms with Crippen molar-refractivity contribution in [1.29, 1.82) is 0 Å². The third-order valence-electron chi connectivity index (χ3n) is 3.05. The van der Waals surface area contributed by atoms with Crippen LogP contribution in [-0.4, -0.2) is 29.2 Å². The number of carbonyl (C=O) groups excluding carboxylic acids is 2. The molecule has 0 saturated heterocycles. The van der Waals surface area contributed by atoms with Crippen LogP contribution in [-0.2, 0) is 9.53 Å². The summed E-state index contributed by atoms with van der Waals surface area (Å²) < 4.78 is 5.20. The van der Waals surface area contributed by atoms with E-state index < -0.39 is 18.0 Å². The molecular formula is C16H14Cl2N2O3S. The molecule has 126 valence electrons. The van der Waals surface area contributed by atoms with Gasteiger partial charge in [0.15, 0.2) is 6.10 Å². The summed E-state index contributed by atoms with van der Waals surface area (Å²) >= 11 is 13.2. The third-order valence-corrected chi connectivity index (χ3v) is 4.58. The molecule has 5 nitrogen and oxygen atoms in total. The molecule has 0 aliphatic rings. The van der Waals surface area contributed by atoms with E-state index in [-0.39, 0.29) is 5.02 Å². The summed E-state index contributed by atoms with van der Waals surface area (Å²) in [7, 11) is 0. The molecule has 1 aromatic heterocycles. The van der Waals surface area contributed by atoms with Gasteiger partial charge in [-0.3, -0.25) is 4.79 Å². The lowest BCUT2D eigenvalue weighted by atomic mass is 10.2. The summed E-state index contributed by atoms with van der Waals surface area (Å²) in [5, 5.41) is 3.66. The number of carbonyl (C=O) groups is 2. The minimum atomic E-state index is -1.01. The Balaban J connectivity index is 2.06. The highest BCUT2D eigenvalue weighted by Crippen LogP contribution is 2.29. The molecule has 2 aromatic rings. The van der Waals surface area contributed by atoms with Gasteiger partial charge in [-0.2, -0.15) is 0 Å². The Morgan fingerprint density at radius 1 is 1.25 bits per heavy atom. The van der Waals surface area contributed by atoms with Crippen LogP contribution >= 0.6 is 35.0 Å². The van der Waals surface area contributed by atoms with Gasteiger partial charge in [0.1, 0.15) is 5.03 Å². The zero-order valence-corrected chi connectivity index (χ0v) is 15.2. The third kappa shape index (κ3) is 4.41. The van der Waals surface area contributed by atoms with Gasteiger partial charge in [-0.15, -0.1) is 11.8 Å². The monoisotopic (exact) mass is 384 g/mol. The SMILES string of the molecule is CSc1ncccc1C(=O)O[C@@H](C)C(=O)Nc1cccc(Cl)c1Cl. The lowest BCUT2D eigenvalue weighted by molar-refractivity contribution is -0.123. The van der Waals surface area contributed by atoms with E-state index >= 15 is 0 Å². The largest absolute Gasteiger partial charge is 0.449 e. The highest BCUT2D eigenvalue weighted by molar-refractivity contribution is 7.98. The molecule has 0 aliphatic carbocycles. The fraction of sp³-hybridized carbons (Fsp3) is 0.188. The maximum absolute atomic E-state index is 12.2. The molecule has 1 N–H and O–H groups in total. The van der Waals surface area contributed by atoms with Gasteiger partial charge in [0.25, 0.3) is 5.91 Å². The van der Waals surface area contributed by atoms with Crippen LogP contribution in [0.3, 0.4) is 0 Å². The molecule has 2 rings (SSSR count). The highest BCUT2D eigenvalue weighted by Gasteiger charge is 2.22. The summed E-state index contributed by atoms with van der Waals surface area (Å²) in [4.78, 5) is 28.5. The lowest BCUT2D eigenvalue weighted by Gasteiger charge is -2.15. The average Bonchev–Trinajstić information content (AvgIpc) is 2.58. The first kappa shape index (κ1) is 18.6. The van der Waals surface area contributed by atoms with Gasteiger partial charge in [-0.1, -0.05) is 29.3 Å². The van der Waals surface area contributed by atoms with Crippen molar-refractivity contribution in [2.24, 2.45) is 0 Å². The molecule has 24 heavy (non-hydrogen) atoms. The van der Waals surface area contributed by atoms with Gasteiger partial charge < -0.3 is 10.1 Å². The maximum Gasteiger partial charge on any atom is 0.341 e. The second-order valence-electron chi connectivity index (χ2n) is 4.70. The van der Waals surface area contributed by atoms with E-state index in [4.69, 9.17) is 27.9 Å². The molecule has 8 heteroatoms. The van der Waals surface area contributed by atoms with Crippen LogP contribution in [0.4, 0.5) is 5.69 Å². The number of amides is 1. The van der Waals surface area contributed by atoms with Gasteiger partial charge in [0, 0.05) is 6.20 Å². The number of halogens is 2. The number of benzene rings is 1. The number of aromatic nitrogens is 1. The van der Waals surface area contributed by atoms with Gasteiger partial charge in [0.2, 0.25) is 0 Å². The number of rotatable bonds is 5. The van der Waals surface area contributed by atoms with E-state index in [0.717, 1.165) is 0 Å². The van der Waals surface area contributed by atoms with Crippen molar-refractivity contribution < 1.29 is 14.3 Å². The second-order valence-corrected chi connectivity index (χ2v) is 6.28. The number of esters is 1. The van der Waals surface area contributed by atoms with Gasteiger partial charge in [-0.05, 0) is 37.4 Å². The van der Waals surface area contributed by atoms with E-state index in [9.17, 15) is 9.59 Å². The highest BCUT2D eigenvalue weighted by atomic mass is 35.5. The maximum atomic E-state index is 12.2. The molecule has 0 aliphatic heterocycles. The van der Waals surface area contributed by atoms with Crippen molar-refractivity contribution in [3.63, 3.8) is 0 Å². The summed E-state index contributed by atoms with van der Waals surface area (Å²) in [6, 6.07) is 8.09. The van der Waals surface area contributed by atoms with Crippen LogP contribution in [0.5, 0.6) is 0 Å². The topological polar surface area (TPSA) is 68.3 Å². The van der Waals surface area contributed by atoms with Crippen LogP contribution in [0, 0.1) is 0 Å². The Bertz CT molecular complexity index is 771. The zero-order valence-electron chi connectivity index (χ0n) is 12.9. The summed E-state index contributed by atoms with van der Waals surface area (Å²) in [5.41, 5.74) is 0.661. The van der Waals surface area contributed by atoms with Crippen molar-refractivity contribution in [3.05, 3.63) is 52.1 Å². The number of hydrogen-bond acceptors (Lipinski definition) is 5. The number of anilines is 1. The molecule has 1 amide bonds.